The van der Waals surface area contributed by atoms with Gasteiger partial charge in [0.25, 0.3) is 0 Å². The average molecular weight is 246 g/mol. The molecule has 0 saturated carbocycles. The topological polar surface area (TPSA) is 82.1 Å². The van der Waals surface area contributed by atoms with Crippen molar-refractivity contribution in [2.45, 2.75) is 20.8 Å². The third-order valence-corrected chi connectivity index (χ3v) is 2.13. The predicted molar refractivity (Wildman–Crippen MR) is 52.3 cm³/mol. The molecule has 0 spiro atoms. The molecule has 0 aromatic rings. The Kier molecular flexibility index (Phi) is 15.3. The summed E-state index contributed by atoms with van der Waals surface area (Å²) in [6.45, 7) is 6.37. The summed E-state index contributed by atoms with van der Waals surface area (Å²) in [5.41, 5.74) is 0. The van der Waals surface area contributed by atoms with Crippen LogP contribution >= 0.6 is 16.5 Å². The third-order valence-electron chi connectivity index (χ3n) is 0.709. The smallest absolute Gasteiger partial charge is 0.133 e. The van der Waals surface area contributed by atoms with Crippen molar-refractivity contribution in [3.63, 3.8) is 0 Å². The van der Waals surface area contributed by atoms with Crippen LogP contribution in [0.1, 0.15) is 20.8 Å². The fourth-order valence-electron chi connectivity index (χ4n) is 0.359. The summed E-state index contributed by atoms with van der Waals surface area (Å²) in [6, 6.07) is 0. The lowest BCUT2D eigenvalue weighted by Crippen LogP contribution is -1.81. The highest BCUT2D eigenvalue weighted by Gasteiger charge is 2.15. The molecule has 0 radical (unpaired) electrons. The van der Waals surface area contributed by atoms with E-state index in [0.717, 1.165) is 0 Å². The van der Waals surface area contributed by atoms with Gasteiger partial charge in [-0.1, -0.05) is 0 Å². The molecule has 0 fully saturated rings. The predicted octanol–water partition coefficient (Wildman–Crippen LogP) is 2.39. The Hall–Kier alpha value is 0.0400. The van der Waals surface area contributed by atoms with Crippen molar-refractivity contribution >= 4 is 16.5 Å². The van der Waals surface area contributed by atoms with E-state index >= 15 is 0 Å². The van der Waals surface area contributed by atoms with Crippen LogP contribution in [0, 0.1) is 0 Å². The molecule has 14 heavy (non-hydrogen) atoms. The maximum absolute atomic E-state index is 10.3. The van der Waals surface area contributed by atoms with Crippen molar-refractivity contribution in [3.8, 4) is 0 Å². The molecule has 0 heterocycles. The Labute approximate surface area is 85.5 Å². The highest BCUT2D eigenvalue weighted by Crippen LogP contribution is 2.21. The lowest BCUT2D eigenvalue weighted by atomic mass is 10.9. The number of hydrogen-bond donors (Lipinski definition) is 1. The first kappa shape index (κ1) is 16.5. The van der Waals surface area contributed by atoms with E-state index < -0.39 is 16.5 Å². The second-order valence-electron chi connectivity index (χ2n) is 1.71. The molecular formula is C6H16O6P2+2. The standard InChI is InChI=1S/C4H10O3P.C2H5O3P/c1-3-6-8(5)7-4-2;1-2-5-6(3)4/h3-4H2,1-2H3;2H2,1H3/q+1;/p+1. The van der Waals surface area contributed by atoms with Crippen molar-refractivity contribution in [1.29, 1.82) is 0 Å². The molecule has 1 atom stereocenters. The van der Waals surface area contributed by atoms with Crippen molar-refractivity contribution < 1.29 is 27.6 Å². The van der Waals surface area contributed by atoms with Crippen LogP contribution in [0.15, 0.2) is 0 Å². The van der Waals surface area contributed by atoms with Gasteiger partial charge >= 0.3 is 16.5 Å². The molecule has 0 aliphatic carbocycles. The molecule has 0 aromatic heterocycles. The maximum atomic E-state index is 10.3. The first-order valence-electron chi connectivity index (χ1n) is 4.10. The Balaban J connectivity index is 0. The van der Waals surface area contributed by atoms with Gasteiger partial charge in [0.2, 0.25) is 0 Å². The van der Waals surface area contributed by atoms with Gasteiger partial charge in [0.15, 0.2) is 0 Å². The van der Waals surface area contributed by atoms with Crippen LogP contribution in [0.2, 0.25) is 0 Å². The molecule has 1 unspecified atom stereocenters. The van der Waals surface area contributed by atoms with Gasteiger partial charge in [-0.25, -0.2) is 0 Å². The van der Waals surface area contributed by atoms with E-state index in [0.29, 0.717) is 19.8 Å². The molecule has 0 aliphatic heterocycles. The van der Waals surface area contributed by atoms with Gasteiger partial charge in [-0.15, -0.1) is 18.5 Å². The Morgan fingerprint density at radius 3 is 1.43 bits per heavy atom. The minimum absolute atomic E-state index is 0.297. The zero-order chi connectivity index (χ0) is 11.4. The van der Waals surface area contributed by atoms with Gasteiger partial charge in [-0.05, 0) is 20.8 Å². The van der Waals surface area contributed by atoms with Crippen LogP contribution < -0.4 is 0 Å². The van der Waals surface area contributed by atoms with Crippen LogP contribution in [-0.2, 0) is 22.7 Å². The van der Waals surface area contributed by atoms with Crippen LogP contribution in [0.5, 0.6) is 0 Å². The minimum atomic E-state index is -2.35. The lowest BCUT2D eigenvalue weighted by molar-refractivity contribution is 0.243. The van der Waals surface area contributed by atoms with E-state index in [2.05, 4.69) is 13.6 Å². The molecule has 1 N–H and O–H groups in total. The van der Waals surface area contributed by atoms with Crippen LogP contribution in [-0.4, -0.2) is 24.7 Å². The van der Waals surface area contributed by atoms with Crippen LogP contribution in [0.4, 0.5) is 0 Å². The SMILES string of the molecule is CCO[P+](=O)O.CCO[P+](=O)OCC. The van der Waals surface area contributed by atoms with E-state index in [1.807, 2.05) is 0 Å². The quantitative estimate of drug-likeness (QED) is 0.724. The Morgan fingerprint density at radius 2 is 1.29 bits per heavy atom. The summed E-state index contributed by atoms with van der Waals surface area (Å²) >= 11 is 0. The van der Waals surface area contributed by atoms with Crippen molar-refractivity contribution in [2.24, 2.45) is 0 Å². The Bertz CT molecular complexity index is 154. The Morgan fingerprint density at radius 1 is 0.929 bits per heavy atom. The molecule has 0 saturated heterocycles. The fourth-order valence-corrected chi connectivity index (χ4v) is 1.08. The van der Waals surface area contributed by atoms with Gasteiger partial charge in [-0.2, -0.15) is 0 Å². The molecule has 0 aliphatic rings. The van der Waals surface area contributed by atoms with Gasteiger partial charge in [0, 0.05) is 9.13 Å². The van der Waals surface area contributed by atoms with Gasteiger partial charge in [0.05, 0.1) is 0 Å². The van der Waals surface area contributed by atoms with Gasteiger partial charge in [-0.3, -0.25) is 0 Å². The van der Waals surface area contributed by atoms with E-state index in [1.54, 1.807) is 20.8 Å². The van der Waals surface area contributed by atoms with Crippen molar-refractivity contribution in [1.82, 2.24) is 0 Å². The van der Waals surface area contributed by atoms with E-state index in [9.17, 15) is 9.13 Å². The molecule has 0 bridgehead atoms. The van der Waals surface area contributed by atoms with Crippen LogP contribution in [0.3, 0.4) is 0 Å². The van der Waals surface area contributed by atoms with Gasteiger partial charge < -0.3 is 0 Å². The highest BCUT2D eigenvalue weighted by molar-refractivity contribution is 7.33. The highest BCUT2D eigenvalue weighted by atomic mass is 31.1. The van der Waals surface area contributed by atoms with E-state index in [-0.39, 0.29) is 0 Å². The second kappa shape index (κ2) is 13.0. The van der Waals surface area contributed by atoms with Gasteiger partial charge in [0.1, 0.15) is 19.8 Å². The molecule has 8 heteroatoms. The fraction of sp³-hybridized carbons (Fsp3) is 1.00. The van der Waals surface area contributed by atoms with Crippen molar-refractivity contribution in [3.05, 3.63) is 0 Å². The first-order valence-corrected chi connectivity index (χ1v) is 6.33. The summed E-state index contributed by atoms with van der Waals surface area (Å²) in [5, 5.41) is 0. The minimum Gasteiger partial charge on any atom is -0.133 e. The summed E-state index contributed by atoms with van der Waals surface area (Å²) in [6.07, 6.45) is 0. The summed E-state index contributed by atoms with van der Waals surface area (Å²) in [4.78, 5) is 7.84. The monoisotopic (exact) mass is 246 g/mol. The van der Waals surface area contributed by atoms with E-state index in [1.165, 1.54) is 0 Å². The third kappa shape index (κ3) is 18.0. The zero-order valence-electron chi connectivity index (χ0n) is 8.50. The number of rotatable bonds is 6. The molecule has 0 rings (SSSR count). The molecule has 0 amide bonds. The summed E-state index contributed by atoms with van der Waals surface area (Å²) in [5.74, 6) is 0. The number of hydrogen-bond acceptors (Lipinski definition) is 5. The van der Waals surface area contributed by atoms with Crippen molar-refractivity contribution in [2.75, 3.05) is 19.8 Å². The summed E-state index contributed by atoms with van der Waals surface area (Å²) in [7, 11) is -4.18. The summed E-state index contributed by atoms with van der Waals surface area (Å²) < 4.78 is 33.1. The zero-order valence-corrected chi connectivity index (χ0v) is 10.3. The molecule has 6 nitrogen and oxygen atoms in total. The van der Waals surface area contributed by atoms with Crippen LogP contribution in [0.25, 0.3) is 0 Å². The van der Waals surface area contributed by atoms with E-state index in [4.69, 9.17) is 4.89 Å². The molecule has 0 aromatic carbocycles. The largest absolute Gasteiger partial charge is 0.697 e. The second-order valence-corrected chi connectivity index (χ2v) is 3.41. The average Bonchev–Trinajstić information content (AvgIpc) is 2.05. The lowest BCUT2D eigenvalue weighted by Gasteiger charge is -1.78. The molecular weight excluding hydrogens is 230 g/mol. The molecule has 84 valence electrons. The first-order chi connectivity index (χ1) is 6.58. The normalized spacial score (nSPS) is 10.1. The maximum Gasteiger partial charge on any atom is 0.697 e.